The van der Waals surface area contributed by atoms with Gasteiger partial charge in [-0.3, -0.25) is 9.59 Å². The number of carbonyl (C=O) groups is 2. The van der Waals surface area contributed by atoms with Gasteiger partial charge in [-0.1, -0.05) is 27.7 Å². The molecule has 0 radical (unpaired) electrons. The Balaban J connectivity index is 1.72. The molecule has 3 aliphatic rings. The van der Waals surface area contributed by atoms with Crippen molar-refractivity contribution in [1.82, 2.24) is 4.90 Å². The van der Waals surface area contributed by atoms with Gasteiger partial charge in [-0.15, -0.1) is 0 Å². The predicted octanol–water partition coefficient (Wildman–Crippen LogP) is 2.91. The molecule has 4 heteroatoms. The molecule has 118 valence electrons. The van der Waals surface area contributed by atoms with Crippen molar-refractivity contribution in [2.75, 3.05) is 0 Å². The molecule has 1 saturated carbocycles. The van der Waals surface area contributed by atoms with Crippen LogP contribution in [0.4, 0.5) is 0 Å². The summed E-state index contributed by atoms with van der Waals surface area (Å²) >= 11 is 0. The Morgan fingerprint density at radius 2 is 1.52 bits per heavy atom. The van der Waals surface area contributed by atoms with Gasteiger partial charge in [-0.05, 0) is 42.4 Å². The maximum atomic E-state index is 13.0. The summed E-state index contributed by atoms with van der Waals surface area (Å²) in [4.78, 5) is 26.1. The van der Waals surface area contributed by atoms with Crippen LogP contribution in [0.25, 0.3) is 0 Å². The highest BCUT2D eigenvalue weighted by Crippen LogP contribution is 2.69. The van der Waals surface area contributed by atoms with Gasteiger partial charge in [0.05, 0.1) is 0 Å². The average Bonchev–Trinajstić information content (AvgIpc) is 2.59. The number of carbonyl (C=O) groups excluding carboxylic acids is 1. The summed E-state index contributed by atoms with van der Waals surface area (Å²) in [7, 11) is 0. The fraction of sp³-hybridized carbons (Fsp3) is 0.882. The summed E-state index contributed by atoms with van der Waals surface area (Å²) in [5.74, 6) is 0.00306. The van der Waals surface area contributed by atoms with Crippen LogP contribution >= 0.6 is 0 Å². The molecule has 0 spiro atoms. The summed E-state index contributed by atoms with van der Waals surface area (Å²) in [6.07, 6.45) is 4.12. The Morgan fingerprint density at radius 3 is 1.90 bits per heavy atom. The summed E-state index contributed by atoms with van der Waals surface area (Å²) in [5.41, 5.74) is 0.170. The van der Waals surface area contributed by atoms with Crippen molar-refractivity contribution in [3.8, 4) is 0 Å². The van der Waals surface area contributed by atoms with Crippen molar-refractivity contribution in [2.24, 2.45) is 22.7 Å². The number of hydrogen-bond acceptors (Lipinski definition) is 2. The Bertz CT molecular complexity index is 454. The first-order valence-corrected chi connectivity index (χ1v) is 8.20. The third kappa shape index (κ3) is 2.09. The molecule has 4 nitrogen and oxygen atoms in total. The normalized spacial score (nSPS) is 36.6. The van der Waals surface area contributed by atoms with E-state index in [-0.39, 0.29) is 41.2 Å². The molecule has 0 aromatic carbocycles. The highest BCUT2D eigenvalue weighted by Gasteiger charge is 2.69. The highest BCUT2D eigenvalue weighted by atomic mass is 16.4. The smallest absolute Gasteiger partial charge is 0.303 e. The van der Waals surface area contributed by atoms with E-state index in [1.165, 1.54) is 0 Å². The second kappa shape index (κ2) is 4.47. The molecular formula is C17H27NO3. The zero-order valence-electron chi connectivity index (χ0n) is 13.6. The Hall–Kier alpha value is -1.06. The lowest BCUT2D eigenvalue weighted by Crippen LogP contribution is -2.48. The Morgan fingerprint density at radius 1 is 1.05 bits per heavy atom. The number of piperidine rings is 1. The van der Waals surface area contributed by atoms with Crippen molar-refractivity contribution in [3.05, 3.63) is 0 Å². The van der Waals surface area contributed by atoms with Gasteiger partial charge < -0.3 is 10.0 Å². The van der Waals surface area contributed by atoms with Crippen LogP contribution in [0, 0.1) is 22.7 Å². The molecule has 2 unspecified atom stereocenters. The number of nitrogens with zero attached hydrogens (tertiary/aromatic N) is 1. The molecule has 1 aliphatic carbocycles. The van der Waals surface area contributed by atoms with Crippen LogP contribution in [0.2, 0.25) is 0 Å². The fourth-order valence-electron chi connectivity index (χ4n) is 5.03. The van der Waals surface area contributed by atoms with Crippen molar-refractivity contribution in [2.45, 2.75) is 71.9 Å². The van der Waals surface area contributed by atoms with Crippen LogP contribution in [0.15, 0.2) is 0 Å². The number of carboxylic acids is 1. The molecule has 0 aromatic heterocycles. The number of aliphatic carboxylic acids is 1. The minimum atomic E-state index is -0.705. The molecule has 2 atom stereocenters. The summed E-state index contributed by atoms with van der Waals surface area (Å²) < 4.78 is 0. The quantitative estimate of drug-likeness (QED) is 0.870. The maximum Gasteiger partial charge on any atom is 0.303 e. The summed E-state index contributed by atoms with van der Waals surface area (Å²) in [6, 6.07) is 0.570. The molecule has 21 heavy (non-hydrogen) atoms. The van der Waals surface area contributed by atoms with Gasteiger partial charge in [0.15, 0.2) is 0 Å². The third-order valence-corrected chi connectivity index (χ3v) is 6.82. The summed E-state index contributed by atoms with van der Waals surface area (Å²) in [5, 5.41) is 8.99. The van der Waals surface area contributed by atoms with E-state index in [1.54, 1.807) is 0 Å². The SMILES string of the molecule is CC1(C)C(C(=O)N2C3CCC2CC(CC(=O)O)C3)C1(C)C. The Kier molecular flexibility index (Phi) is 3.16. The van der Waals surface area contributed by atoms with Crippen LogP contribution < -0.4 is 0 Å². The lowest BCUT2D eigenvalue weighted by Gasteiger charge is -2.39. The van der Waals surface area contributed by atoms with E-state index in [2.05, 4.69) is 32.6 Å². The van der Waals surface area contributed by atoms with Crippen molar-refractivity contribution >= 4 is 11.9 Å². The van der Waals surface area contributed by atoms with Gasteiger partial charge in [0, 0.05) is 24.4 Å². The minimum absolute atomic E-state index is 0.0848. The first-order chi connectivity index (χ1) is 9.66. The molecule has 3 rings (SSSR count). The molecule has 2 saturated heterocycles. The fourth-order valence-corrected chi connectivity index (χ4v) is 5.03. The highest BCUT2D eigenvalue weighted by molar-refractivity contribution is 5.85. The summed E-state index contributed by atoms with van der Waals surface area (Å²) in [6.45, 7) is 8.76. The minimum Gasteiger partial charge on any atom is -0.481 e. The van der Waals surface area contributed by atoms with E-state index in [9.17, 15) is 9.59 Å². The first-order valence-electron chi connectivity index (χ1n) is 8.20. The van der Waals surface area contributed by atoms with Gasteiger partial charge in [0.25, 0.3) is 0 Å². The monoisotopic (exact) mass is 293 g/mol. The maximum absolute atomic E-state index is 13.0. The van der Waals surface area contributed by atoms with E-state index >= 15 is 0 Å². The third-order valence-electron chi connectivity index (χ3n) is 6.82. The molecular weight excluding hydrogens is 266 g/mol. The zero-order chi connectivity index (χ0) is 15.6. The largest absolute Gasteiger partial charge is 0.481 e. The van der Waals surface area contributed by atoms with Crippen molar-refractivity contribution in [3.63, 3.8) is 0 Å². The number of hydrogen-bond donors (Lipinski definition) is 1. The Labute approximate surface area is 126 Å². The zero-order valence-corrected chi connectivity index (χ0v) is 13.6. The molecule has 1 N–H and O–H groups in total. The predicted molar refractivity (Wildman–Crippen MR) is 79.7 cm³/mol. The molecule has 1 amide bonds. The number of carboxylic acid groups (broad SMARTS) is 1. The second-order valence-electron chi connectivity index (χ2n) is 8.44. The molecule has 2 aliphatic heterocycles. The molecule has 2 bridgehead atoms. The average molecular weight is 293 g/mol. The second-order valence-corrected chi connectivity index (χ2v) is 8.44. The molecule has 3 fully saturated rings. The van der Waals surface area contributed by atoms with Gasteiger partial charge >= 0.3 is 5.97 Å². The van der Waals surface area contributed by atoms with Crippen molar-refractivity contribution < 1.29 is 14.7 Å². The van der Waals surface area contributed by atoms with Gasteiger partial charge in [-0.2, -0.15) is 0 Å². The van der Waals surface area contributed by atoms with Gasteiger partial charge in [0.1, 0.15) is 0 Å². The van der Waals surface area contributed by atoms with E-state index in [0.29, 0.717) is 5.91 Å². The van der Waals surface area contributed by atoms with E-state index in [0.717, 1.165) is 25.7 Å². The van der Waals surface area contributed by atoms with Gasteiger partial charge in [-0.25, -0.2) is 0 Å². The van der Waals surface area contributed by atoms with Crippen LogP contribution in [0.5, 0.6) is 0 Å². The van der Waals surface area contributed by atoms with E-state index in [4.69, 9.17) is 5.11 Å². The number of rotatable bonds is 3. The molecule has 0 aromatic rings. The van der Waals surface area contributed by atoms with Crippen molar-refractivity contribution in [1.29, 1.82) is 0 Å². The van der Waals surface area contributed by atoms with E-state index in [1.807, 2.05) is 0 Å². The molecule has 2 heterocycles. The van der Waals surface area contributed by atoms with Crippen LogP contribution in [0.1, 0.15) is 59.8 Å². The lowest BCUT2D eigenvalue weighted by molar-refractivity contribution is -0.141. The van der Waals surface area contributed by atoms with Crippen LogP contribution in [-0.4, -0.2) is 34.0 Å². The first kappa shape index (κ1) is 14.9. The number of amides is 1. The van der Waals surface area contributed by atoms with Crippen LogP contribution in [-0.2, 0) is 9.59 Å². The topological polar surface area (TPSA) is 57.6 Å². The van der Waals surface area contributed by atoms with Crippen LogP contribution in [0.3, 0.4) is 0 Å². The lowest BCUT2D eigenvalue weighted by atomic mass is 9.87. The van der Waals surface area contributed by atoms with E-state index < -0.39 is 5.97 Å². The van der Waals surface area contributed by atoms with Gasteiger partial charge in [0.2, 0.25) is 5.91 Å². The standard InChI is InChI=1S/C17H27NO3/c1-16(2)14(17(16,3)4)15(21)18-11-5-6-12(18)8-10(7-11)9-13(19)20/h10-12,14H,5-9H2,1-4H3,(H,19,20). The number of fused-ring (bicyclic) bond motifs is 2.